The number of anilines is 1. The molecule has 0 aliphatic heterocycles. The molecule has 0 atom stereocenters. The van der Waals surface area contributed by atoms with Gasteiger partial charge >= 0.3 is 0 Å². The summed E-state index contributed by atoms with van der Waals surface area (Å²) in [5.74, 6) is 3.28. The number of rotatable bonds is 4. The molecule has 0 radical (unpaired) electrons. The molecule has 0 unspecified atom stereocenters. The molecule has 118 valence electrons. The first kappa shape index (κ1) is 14.0. The van der Waals surface area contributed by atoms with Crippen molar-refractivity contribution in [1.82, 2.24) is 25.1 Å². The SMILES string of the molecule is Cc1nc(NCc2noc(C3CCCC3)n2)c2cccnc2n1. The first-order valence-corrected chi connectivity index (χ1v) is 7.95. The van der Waals surface area contributed by atoms with E-state index >= 15 is 0 Å². The molecule has 1 aliphatic carbocycles. The van der Waals surface area contributed by atoms with Crippen LogP contribution < -0.4 is 5.32 Å². The summed E-state index contributed by atoms with van der Waals surface area (Å²) in [7, 11) is 0. The van der Waals surface area contributed by atoms with Crippen LogP contribution in [0.1, 0.15) is 49.1 Å². The minimum absolute atomic E-state index is 0.433. The molecule has 3 heterocycles. The van der Waals surface area contributed by atoms with Gasteiger partial charge in [-0.25, -0.2) is 15.0 Å². The maximum absolute atomic E-state index is 5.40. The van der Waals surface area contributed by atoms with Crippen molar-refractivity contribution < 1.29 is 4.52 Å². The highest BCUT2D eigenvalue weighted by molar-refractivity contribution is 5.86. The normalized spacial score (nSPS) is 15.3. The Bertz CT molecular complexity index is 824. The average molecular weight is 310 g/mol. The molecule has 1 aliphatic rings. The summed E-state index contributed by atoms with van der Waals surface area (Å²) in [4.78, 5) is 17.6. The average Bonchev–Trinajstić information content (AvgIpc) is 3.23. The standard InChI is InChI=1S/C16H18N6O/c1-10-19-14-12(7-4-8-17-14)15(20-10)18-9-13-21-16(23-22-13)11-5-2-3-6-11/h4,7-8,11H,2-3,5-6,9H2,1H3,(H,17,18,19,20). The van der Waals surface area contributed by atoms with Gasteiger partial charge in [-0.05, 0) is 31.9 Å². The van der Waals surface area contributed by atoms with Crippen molar-refractivity contribution >= 4 is 16.9 Å². The molecule has 0 saturated heterocycles. The van der Waals surface area contributed by atoms with E-state index in [9.17, 15) is 0 Å². The third kappa shape index (κ3) is 2.86. The van der Waals surface area contributed by atoms with E-state index in [1.54, 1.807) is 6.20 Å². The van der Waals surface area contributed by atoms with Crippen molar-refractivity contribution in [2.75, 3.05) is 5.32 Å². The molecular formula is C16H18N6O. The fourth-order valence-electron chi connectivity index (χ4n) is 3.05. The van der Waals surface area contributed by atoms with Crippen LogP contribution in [0.25, 0.3) is 11.0 Å². The molecule has 0 spiro atoms. The number of pyridine rings is 1. The van der Waals surface area contributed by atoms with Crippen molar-refractivity contribution in [2.24, 2.45) is 0 Å². The van der Waals surface area contributed by atoms with Crippen molar-refractivity contribution in [1.29, 1.82) is 0 Å². The first-order chi connectivity index (χ1) is 11.3. The van der Waals surface area contributed by atoms with Gasteiger partial charge in [0.15, 0.2) is 11.5 Å². The highest BCUT2D eigenvalue weighted by atomic mass is 16.5. The van der Waals surface area contributed by atoms with Crippen LogP contribution in [-0.2, 0) is 6.54 Å². The molecule has 0 aromatic carbocycles. The van der Waals surface area contributed by atoms with Crippen LogP contribution in [0.2, 0.25) is 0 Å². The summed E-state index contributed by atoms with van der Waals surface area (Å²) in [5, 5.41) is 8.23. The van der Waals surface area contributed by atoms with Gasteiger partial charge in [-0.15, -0.1) is 0 Å². The first-order valence-electron chi connectivity index (χ1n) is 7.95. The zero-order valence-corrected chi connectivity index (χ0v) is 13.0. The Balaban J connectivity index is 1.53. The van der Waals surface area contributed by atoms with Crippen LogP contribution in [0.4, 0.5) is 5.82 Å². The Hall–Kier alpha value is -2.57. The molecular weight excluding hydrogens is 292 g/mol. The van der Waals surface area contributed by atoms with E-state index in [0.717, 1.165) is 29.9 Å². The number of nitrogens with one attached hydrogen (secondary N) is 1. The number of nitrogens with zero attached hydrogens (tertiary/aromatic N) is 5. The van der Waals surface area contributed by atoms with E-state index < -0.39 is 0 Å². The van der Waals surface area contributed by atoms with Gasteiger partial charge in [0.1, 0.15) is 11.6 Å². The van der Waals surface area contributed by atoms with E-state index in [-0.39, 0.29) is 0 Å². The summed E-state index contributed by atoms with van der Waals surface area (Å²) in [5.41, 5.74) is 0.683. The quantitative estimate of drug-likeness (QED) is 0.792. The van der Waals surface area contributed by atoms with Gasteiger partial charge in [0, 0.05) is 12.1 Å². The molecule has 7 nitrogen and oxygen atoms in total. The van der Waals surface area contributed by atoms with Crippen LogP contribution in [0.3, 0.4) is 0 Å². The lowest BCUT2D eigenvalue weighted by Gasteiger charge is -2.07. The second-order valence-electron chi connectivity index (χ2n) is 5.88. The second kappa shape index (κ2) is 5.91. The molecule has 1 N–H and O–H groups in total. The summed E-state index contributed by atoms with van der Waals surface area (Å²) in [6.07, 6.45) is 6.53. The highest BCUT2D eigenvalue weighted by Gasteiger charge is 2.22. The van der Waals surface area contributed by atoms with E-state index in [0.29, 0.717) is 29.8 Å². The van der Waals surface area contributed by atoms with Gasteiger partial charge in [0.05, 0.1) is 11.9 Å². The number of fused-ring (bicyclic) bond motifs is 1. The third-order valence-corrected chi connectivity index (χ3v) is 4.19. The van der Waals surface area contributed by atoms with Crippen LogP contribution in [0.15, 0.2) is 22.9 Å². The largest absolute Gasteiger partial charge is 0.362 e. The molecule has 7 heteroatoms. The van der Waals surface area contributed by atoms with Gasteiger partial charge in [-0.1, -0.05) is 18.0 Å². The number of hydrogen-bond acceptors (Lipinski definition) is 7. The molecule has 0 amide bonds. The van der Waals surface area contributed by atoms with Crippen molar-refractivity contribution in [3.05, 3.63) is 35.9 Å². The molecule has 3 aromatic rings. The Morgan fingerprint density at radius 2 is 2.09 bits per heavy atom. The van der Waals surface area contributed by atoms with Crippen LogP contribution >= 0.6 is 0 Å². The van der Waals surface area contributed by atoms with Gasteiger partial charge < -0.3 is 9.84 Å². The van der Waals surface area contributed by atoms with Gasteiger partial charge in [0.25, 0.3) is 0 Å². The Labute approximate surface area is 133 Å². The smallest absolute Gasteiger partial charge is 0.229 e. The maximum atomic E-state index is 5.40. The zero-order chi connectivity index (χ0) is 15.6. The third-order valence-electron chi connectivity index (χ3n) is 4.19. The Kier molecular flexibility index (Phi) is 3.61. The predicted octanol–water partition coefficient (Wildman–Crippen LogP) is 2.99. The number of aryl methyl sites for hydroxylation is 1. The molecule has 23 heavy (non-hydrogen) atoms. The van der Waals surface area contributed by atoms with Gasteiger partial charge in [-0.3, -0.25) is 0 Å². The summed E-state index contributed by atoms with van der Waals surface area (Å²) >= 11 is 0. The lowest BCUT2D eigenvalue weighted by Crippen LogP contribution is -2.06. The van der Waals surface area contributed by atoms with E-state index in [1.165, 1.54) is 12.8 Å². The molecule has 1 fully saturated rings. The van der Waals surface area contributed by atoms with Crippen LogP contribution in [0.5, 0.6) is 0 Å². The minimum atomic E-state index is 0.433. The fourth-order valence-corrected chi connectivity index (χ4v) is 3.05. The zero-order valence-electron chi connectivity index (χ0n) is 13.0. The van der Waals surface area contributed by atoms with E-state index in [4.69, 9.17) is 4.52 Å². The molecule has 3 aromatic heterocycles. The van der Waals surface area contributed by atoms with E-state index in [2.05, 4.69) is 30.4 Å². The molecule has 4 rings (SSSR count). The van der Waals surface area contributed by atoms with Crippen LogP contribution in [-0.4, -0.2) is 25.1 Å². The summed E-state index contributed by atoms with van der Waals surface area (Å²) in [6.45, 7) is 2.32. The van der Waals surface area contributed by atoms with Crippen molar-refractivity contribution in [3.8, 4) is 0 Å². The Morgan fingerprint density at radius 3 is 2.96 bits per heavy atom. The number of aromatic nitrogens is 5. The summed E-state index contributed by atoms with van der Waals surface area (Å²) < 4.78 is 5.40. The highest BCUT2D eigenvalue weighted by Crippen LogP contribution is 2.32. The van der Waals surface area contributed by atoms with Gasteiger partial charge in [0.2, 0.25) is 5.89 Å². The summed E-state index contributed by atoms with van der Waals surface area (Å²) in [6, 6.07) is 3.82. The molecule has 1 saturated carbocycles. The second-order valence-corrected chi connectivity index (χ2v) is 5.88. The van der Waals surface area contributed by atoms with Crippen molar-refractivity contribution in [3.63, 3.8) is 0 Å². The monoisotopic (exact) mass is 310 g/mol. The van der Waals surface area contributed by atoms with E-state index in [1.807, 2.05) is 19.1 Å². The lowest BCUT2D eigenvalue weighted by molar-refractivity contribution is 0.350. The van der Waals surface area contributed by atoms with Crippen LogP contribution in [0, 0.1) is 6.92 Å². The van der Waals surface area contributed by atoms with Crippen molar-refractivity contribution in [2.45, 2.75) is 45.1 Å². The Morgan fingerprint density at radius 1 is 1.22 bits per heavy atom. The minimum Gasteiger partial charge on any atom is -0.362 e. The topological polar surface area (TPSA) is 89.6 Å². The lowest BCUT2D eigenvalue weighted by atomic mass is 10.1. The predicted molar refractivity (Wildman–Crippen MR) is 84.9 cm³/mol. The maximum Gasteiger partial charge on any atom is 0.229 e. The molecule has 0 bridgehead atoms. The number of hydrogen-bond donors (Lipinski definition) is 1. The van der Waals surface area contributed by atoms with Gasteiger partial charge in [-0.2, -0.15) is 4.98 Å². The fraction of sp³-hybridized carbons (Fsp3) is 0.438.